The lowest BCUT2D eigenvalue weighted by Crippen LogP contribution is -2.38. The van der Waals surface area contributed by atoms with Crippen molar-refractivity contribution in [3.05, 3.63) is 23.7 Å². The Balaban J connectivity index is 1.96. The van der Waals surface area contributed by atoms with E-state index in [0.29, 0.717) is 12.0 Å². The van der Waals surface area contributed by atoms with Crippen molar-refractivity contribution in [1.29, 1.82) is 0 Å². The van der Waals surface area contributed by atoms with Crippen molar-refractivity contribution in [2.24, 2.45) is 5.41 Å². The molecule has 4 nitrogen and oxygen atoms in total. The van der Waals surface area contributed by atoms with Crippen LogP contribution in [0.1, 0.15) is 49.2 Å². The molecule has 0 aliphatic carbocycles. The number of carboxylic acid groups (broad SMARTS) is 1. The number of hydrogen-bond donors (Lipinski definition) is 1. The molecule has 0 amide bonds. The fraction of sp³-hybridized carbons (Fsp3) is 0.643. The number of likely N-dealkylation sites (tertiary alicyclic amines) is 1. The fourth-order valence-corrected chi connectivity index (χ4v) is 2.49. The highest BCUT2D eigenvalue weighted by molar-refractivity contribution is 5.86. The third kappa shape index (κ3) is 2.75. The first kappa shape index (κ1) is 13.1. The quantitative estimate of drug-likeness (QED) is 0.893. The van der Waals surface area contributed by atoms with E-state index < -0.39 is 5.97 Å². The number of rotatable bonds is 4. The number of carbonyl (C=O) groups is 1. The van der Waals surface area contributed by atoms with Crippen LogP contribution >= 0.6 is 0 Å². The van der Waals surface area contributed by atoms with Gasteiger partial charge in [-0.15, -0.1) is 0 Å². The Kier molecular flexibility index (Phi) is 3.76. The van der Waals surface area contributed by atoms with E-state index in [1.165, 1.54) is 25.5 Å². The van der Waals surface area contributed by atoms with Crippen molar-refractivity contribution in [2.75, 3.05) is 13.1 Å². The zero-order valence-corrected chi connectivity index (χ0v) is 11.1. The molecule has 0 spiro atoms. The molecule has 2 rings (SSSR count). The van der Waals surface area contributed by atoms with Crippen LogP contribution in [0.5, 0.6) is 0 Å². The summed E-state index contributed by atoms with van der Waals surface area (Å²) in [6.07, 6.45) is 5.04. The summed E-state index contributed by atoms with van der Waals surface area (Å²) >= 11 is 0. The van der Waals surface area contributed by atoms with E-state index in [-0.39, 0.29) is 5.76 Å². The summed E-state index contributed by atoms with van der Waals surface area (Å²) in [5.41, 5.74) is 1.24. The molecule has 18 heavy (non-hydrogen) atoms. The molecule has 0 bridgehead atoms. The molecule has 1 aromatic rings. The highest BCUT2D eigenvalue weighted by Gasteiger charge is 2.28. The molecule has 1 fully saturated rings. The highest BCUT2D eigenvalue weighted by atomic mass is 16.4. The monoisotopic (exact) mass is 251 g/mol. The van der Waals surface area contributed by atoms with E-state index >= 15 is 0 Å². The summed E-state index contributed by atoms with van der Waals surface area (Å²) in [5.74, 6) is -0.899. The van der Waals surface area contributed by atoms with Crippen molar-refractivity contribution in [1.82, 2.24) is 4.90 Å². The van der Waals surface area contributed by atoms with Gasteiger partial charge in [0.25, 0.3) is 0 Å². The lowest BCUT2D eigenvalue weighted by Gasteiger charge is -2.38. The van der Waals surface area contributed by atoms with Crippen LogP contribution in [-0.2, 0) is 6.54 Å². The van der Waals surface area contributed by atoms with Crippen molar-refractivity contribution >= 4 is 5.97 Å². The average molecular weight is 251 g/mol. The molecule has 1 aromatic heterocycles. The number of piperidine rings is 1. The summed E-state index contributed by atoms with van der Waals surface area (Å²) in [7, 11) is 0. The maximum atomic E-state index is 11.0. The Morgan fingerprint density at radius 1 is 1.50 bits per heavy atom. The van der Waals surface area contributed by atoms with Crippen molar-refractivity contribution < 1.29 is 14.3 Å². The molecular formula is C14H21NO3. The third-order valence-electron chi connectivity index (χ3n) is 4.25. The zero-order valence-electron chi connectivity index (χ0n) is 11.1. The normalized spacial score (nSPS) is 19.9. The minimum absolute atomic E-state index is 0.0822. The third-order valence-corrected chi connectivity index (χ3v) is 4.25. The minimum atomic E-state index is -0.981. The second-order valence-corrected chi connectivity index (χ2v) is 5.52. The molecule has 0 saturated carbocycles. The van der Waals surface area contributed by atoms with E-state index in [2.05, 4.69) is 18.7 Å². The summed E-state index contributed by atoms with van der Waals surface area (Å²) in [6.45, 7) is 7.33. The van der Waals surface area contributed by atoms with E-state index in [1.807, 2.05) is 0 Å². The number of hydrogen-bond acceptors (Lipinski definition) is 3. The Morgan fingerprint density at radius 2 is 2.17 bits per heavy atom. The average Bonchev–Trinajstić information content (AvgIpc) is 2.81. The van der Waals surface area contributed by atoms with Crippen molar-refractivity contribution in [3.8, 4) is 0 Å². The smallest absolute Gasteiger partial charge is 0.372 e. The van der Waals surface area contributed by atoms with E-state index in [4.69, 9.17) is 9.52 Å². The topological polar surface area (TPSA) is 53.7 Å². The first-order valence-electron chi connectivity index (χ1n) is 6.56. The fourth-order valence-electron chi connectivity index (χ4n) is 2.49. The van der Waals surface area contributed by atoms with Gasteiger partial charge >= 0.3 is 5.97 Å². The predicted molar refractivity (Wildman–Crippen MR) is 68.6 cm³/mol. The van der Waals surface area contributed by atoms with Crippen molar-refractivity contribution in [2.45, 2.75) is 39.7 Å². The van der Waals surface area contributed by atoms with Gasteiger partial charge in [-0.1, -0.05) is 20.3 Å². The van der Waals surface area contributed by atoms with Crippen LogP contribution in [0.2, 0.25) is 0 Å². The van der Waals surface area contributed by atoms with Gasteiger partial charge in [-0.05, 0) is 37.4 Å². The molecular weight excluding hydrogens is 230 g/mol. The molecule has 1 aliphatic rings. The maximum absolute atomic E-state index is 11.0. The Morgan fingerprint density at radius 3 is 2.72 bits per heavy atom. The Labute approximate surface area is 108 Å². The molecule has 1 saturated heterocycles. The van der Waals surface area contributed by atoms with Crippen LogP contribution in [0.15, 0.2) is 16.7 Å². The second-order valence-electron chi connectivity index (χ2n) is 5.52. The van der Waals surface area contributed by atoms with E-state index in [1.54, 1.807) is 6.07 Å². The molecule has 0 unspecified atom stereocenters. The second kappa shape index (κ2) is 5.14. The lowest BCUT2D eigenvalue weighted by molar-refractivity contribution is 0.0655. The van der Waals surface area contributed by atoms with Gasteiger partial charge in [0.05, 0.1) is 6.26 Å². The van der Waals surface area contributed by atoms with E-state index in [9.17, 15) is 4.79 Å². The summed E-state index contributed by atoms with van der Waals surface area (Å²) in [4.78, 5) is 13.3. The maximum Gasteiger partial charge on any atom is 0.372 e. The summed E-state index contributed by atoms with van der Waals surface area (Å²) in [6, 6.07) is 1.76. The van der Waals surface area contributed by atoms with Crippen LogP contribution in [0, 0.1) is 5.41 Å². The van der Waals surface area contributed by atoms with Crippen LogP contribution < -0.4 is 0 Å². The van der Waals surface area contributed by atoms with Gasteiger partial charge in [0.15, 0.2) is 0 Å². The first-order valence-corrected chi connectivity index (χ1v) is 6.56. The number of carboxylic acids is 1. The first-order chi connectivity index (χ1) is 8.54. The Hall–Kier alpha value is -1.29. The molecule has 0 radical (unpaired) electrons. The van der Waals surface area contributed by atoms with Crippen LogP contribution in [0.3, 0.4) is 0 Å². The molecule has 100 valence electrons. The van der Waals surface area contributed by atoms with Crippen LogP contribution in [0.25, 0.3) is 0 Å². The van der Waals surface area contributed by atoms with Gasteiger partial charge < -0.3 is 9.52 Å². The van der Waals surface area contributed by atoms with Gasteiger partial charge in [0, 0.05) is 12.1 Å². The number of nitrogens with zero attached hydrogens (tertiary/aromatic N) is 1. The minimum Gasteiger partial charge on any atom is -0.475 e. The lowest BCUT2D eigenvalue weighted by atomic mass is 9.78. The highest BCUT2D eigenvalue weighted by Crippen LogP contribution is 2.34. The molecule has 2 heterocycles. The molecule has 1 aliphatic heterocycles. The summed E-state index contributed by atoms with van der Waals surface area (Å²) < 4.78 is 5.00. The standard InChI is InChI=1S/C14H21NO3/c1-3-14(2)5-7-15(8-6-14)10-11-4-9-18-12(11)13(16)17/h4,9H,3,5-8,10H2,1-2H3,(H,16,17). The molecule has 0 atom stereocenters. The van der Waals surface area contributed by atoms with Gasteiger partial charge in [-0.3, -0.25) is 4.90 Å². The predicted octanol–water partition coefficient (Wildman–Crippen LogP) is 2.99. The largest absolute Gasteiger partial charge is 0.475 e. The van der Waals surface area contributed by atoms with Crippen molar-refractivity contribution in [3.63, 3.8) is 0 Å². The van der Waals surface area contributed by atoms with E-state index in [0.717, 1.165) is 18.7 Å². The van der Waals surface area contributed by atoms with Gasteiger partial charge in [0.1, 0.15) is 0 Å². The summed E-state index contributed by atoms with van der Waals surface area (Å²) in [5, 5.41) is 8.99. The Bertz CT molecular complexity index is 416. The molecule has 1 N–H and O–H groups in total. The number of furan rings is 1. The molecule has 4 heteroatoms. The van der Waals surface area contributed by atoms with Gasteiger partial charge in [0.2, 0.25) is 5.76 Å². The van der Waals surface area contributed by atoms with Gasteiger partial charge in [-0.2, -0.15) is 0 Å². The van der Waals surface area contributed by atoms with Gasteiger partial charge in [-0.25, -0.2) is 4.79 Å². The van der Waals surface area contributed by atoms with Crippen LogP contribution in [-0.4, -0.2) is 29.1 Å². The number of aromatic carboxylic acids is 1. The van der Waals surface area contributed by atoms with Crippen LogP contribution in [0.4, 0.5) is 0 Å². The SMILES string of the molecule is CCC1(C)CCN(Cc2ccoc2C(=O)O)CC1. The molecule has 0 aromatic carbocycles. The zero-order chi connectivity index (χ0) is 13.2.